The van der Waals surface area contributed by atoms with Gasteiger partial charge in [0.25, 0.3) is 5.91 Å². The number of carbonyl (C=O) groups is 1. The lowest BCUT2D eigenvalue weighted by atomic mass is 10.0. The van der Waals surface area contributed by atoms with Crippen LogP contribution in [0.25, 0.3) is 11.1 Å². The van der Waals surface area contributed by atoms with E-state index in [2.05, 4.69) is 16.8 Å². The summed E-state index contributed by atoms with van der Waals surface area (Å²) in [6.07, 6.45) is 7.41. The van der Waals surface area contributed by atoms with Crippen molar-refractivity contribution in [1.82, 2.24) is 0 Å². The lowest BCUT2D eigenvalue weighted by Gasteiger charge is -2.10. The minimum absolute atomic E-state index is 0.258. The van der Waals surface area contributed by atoms with Crippen LogP contribution in [0.15, 0.2) is 72.8 Å². The number of amides is 1. The maximum absolute atomic E-state index is 12.7. The van der Waals surface area contributed by atoms with Crippen molar-refractivity contribution >= 4 is 19.4 Å². The molecule has 0 radical (unpaired) electrons. The van der Waals surface area contributed by atoms with Crippen molar-refractivity contribution in [3.05, 3.63) is 83.9 Å². The molecule has 0 heterocycles. The summed E-state index contributed by atoms with van der Waals surface area (Å²) in [5, 5.41) is 2.80. The van der Waals surface area contributed by atoms with Crippen LogP contribution in [0.1, 0.15) is 61.4 Å². The number of ether oxygens (including phenoxy) is 1. The van der Waals surface area contributed by atoms with Gasteiger partial charge in [0, 0.05) is 11.3 Å². The zero-order valence-corrected chi connectivity index (χ0v) is 21.5. The number of hydrogen-bond acceptors (Lipinski definition) is 4. The summed E-state index contributed by atoms with van der Waals surface area (Å²) in [4.78, 5) is 30.3. The predicted molar refractivity (Wildman–Crippen MR) is 142 cm³/mol. The van der Waals surface area contributed by atoms with Gasteiger partial charge in [0.05, 0.1) is 13.2 Å². The third-order valence-corrected chi connectivity index (χ3v) is 6.15. The monoisotopic (exact) mass is 511 g/mol. The van der Waals surface area contributed by atoms with Gasteiger partial charge in [-0.1, -0.05) is 75.4 Å². The molecular weight excluding hydrogens is 477 g/mol. The standard InChI is InChI=1S/C28H34NO6P/c1-2-3-4-5-6-7-19-34-27-17-15-24(16-18-27)23-11-13-25(14-12-23)28(30)29-26-10-8-9-22(20-26)21-35-36(31,32)33/h8-18,20H,2-7,19,21H2,1H3,(H,29,30)(H2,31,32,33). The summed E-state index contributed by atoms with van der Waals surface area (Å²) in [5.41, 5.74) is 3.56. The van der Waals surface area contributed by atoms with Gasteiger partial charge < -0.3 is 19.8 Å². The van der Waals surface area contributed by atoms with Gasteiger partial charge in [-0.2, -0.15) is 0 Å². The van der Waals surface area contributed by atoms with Crippen LogP contribution >= 0.6 is 7.82 Å². The van der Waals surface area contributed by atoms with Gasteiger partial charge in [0.2, 0.25) is 0 Å². The fraction of sp³-hybridized carbons (Fsp3) is 0.321. The summed E-state index contributed by atoms with van der Waals surface area (Å²) < 4.78 is 21.2. The van der Waals surface area contributed by atoms with Gasteiger partial charge >= 0.3 is 7.82 Å². The second-order valence-electron chi connectivity index (χ2n) is 8.64. The second-order valence-corrected chi connectivity index (χ2v) is 9.88. The van der Waals surface area contributed by atoms with E-state index < -0.39 is 7.82 Å². The van der Waals surface area contributed by atoms with Crippen molar-refractivity contribution in [1.29, 1.82) is 0 Å². The molecule has 3 N–H and O–H groups in total. The van der Waals surface area contributed by atoms with Gasteiger partial charge in [-0.05, 0) is 59.5 Å². The topological polar surface area (TPSA) is 105 Å². The first-order valence-corrected chi connectivity index (χ1v) is 13.8. The number of nitrogens with one attached hydrogen (secondary N) is 1. The van der Waals surface area contributed by atoms with E-state index in [0.29, 0.717) is 16.8 Å². The van der Waals surface area contributed by atoms with Crippen LogP contribution in [0.5, 0.6) is 5.75 Å². The van der Waals surface area contributed by atoms with Crippen LogP contribution in [0.4, 0.5) is 5.69 Å². The molecule has 0 unspecified atom stereocenters. The van der Waals surface area contributed by atoms with E-state index >= 15 is 0 Å². The van der Waals surface area contributed by atoms with Gasteiger partial charge in [-0.3, -0.25) is 9.32 Å². The predicted octanol–water partition coefficient (Wildman–Crippen LogP) is 6.95. The molecular formula is C28H34NO6P. The number of anilines is 1. The number of rotatable bonds is 14. The minimum atomic E-state index is -4.56. The molecule has 192 valence electrons. The molecule has 8 heteroatoms. The summed E-state index contributed by atoms with van der Waals surface area (Å²) in [6, 6.07) is 21.9. The highest BCUT2D eigenvalue weighted by molar-refractivity contribution is 7.46. The molecule has 0 saturated carbocycles. The maximum atomic E-state index is 12.7. The Hall–Kier alpha value is -2.96. The van der Waals surface area contributed by atoms with E-state index in [-0.39, 0.29) is 12.5 Å². The molecule has 3 aromatic rings. The Kier molecular flexibility index (Phi) is 10.7. The Bertz CT molecular complexity index is 1140. The Morgan fingerprint density at radius 2 is 1.50 bits per heavy atom. The quantitative estimate of drug-likeness (QED) is 0.160. The molecule has 1 amide bonds. The number of carbonyl (C=O) groups excluding carboxylic acids is 1. The molecule has 0 aliphatic carbocycles. The number of benzene rings is 3. The van der Waals surface area contributed by atoms with Crippen LogP contribution in [0, 0.1) is 0 Å². The minimum Gasteiger partial charge on any atom is -0.494 e. The molecule has 0 atom stereocenters. The second kappa shape index (κ2) is 14.0. The SMILES string of the molecule is CCCCCCCCOc1ccc(-c2ccc(C(=O)Nc3cccc(COP(=O)(O)O)c3)cc2)cc1. The normalized spacial score (nSPS) is 11.3. The van der Waals surface area contributed by atoms with Crippen molar-refractivity contribution in [2.45, 2.75) is 52.1 Å². The molecule has 0 aliphatic heterocycles. The van der Waals surface area contributed by atoms with E-state index in [9.17, 15) is 9.36 Å². The lowest BCUT2D eigenvalue weighted by Crippen LogP contribution is -2.11. The first kappa shape index (κ1) is 27.6. The molecule has 0 aromatic heterocycles. The highest BCUT2D eigenvalue weighted by atomic mass is 31.2. The van der Waals surface area contributed by atoms with Crippen LogP contribution in [-0.4, -0.2) is 22.3 Å². The average molecular weight is 512 g/mol. The van der Waals surface area contributed by atoms with E-state index in [4.69, 9.17) is 14.5 Å². The fourth-order valence-corrected chi connectivity index (χ4v) is 4.05. The average Bonchev–Trinajstić information content (AvgIpc) is 2.87. The van der Waals surface area contributed by atoms with Crippen molar-refractivity contribution in [3.8, 4) is 16.9 Å². The largest absolute Gasteiger partial charge is 0.494 e. The van der Waals surface area contributed by atoms with Gasteiger partial charge in [0.15, 0.2) is 0 Å². The van der Waals surface area contributed by atoms with Gasteiger partial charge in [-0.15, -0.1) is 0 Å². The molecule has 3 aromatic carbocycles. The first-order chi connectivity index (χ1) is 17.3. The molecule has 7 nitrogen and oxygen atoms in total. The van der Waals surface area contributed by atoms with Crippen LogP contribution < -0.4 is 10.1 Å². The molecule has 0 bridgehead atoms. The van der Waals surface area contributed by atoms with Crippen LogP contribution in [0.3, 0.4) is 0 Å². The zero-order chi connectivity index (χ0) is 25.8. The number of phosphoric acid groups is 1. The van der Waals surface area contributed by atoms with E-state index in [0.717, 1.165) is 29.9 Å². The molecule has 0 aliphatic rings. The van der Waals surface area contributed by atoms with E-state index in [1.165, 1.54) is 32.1 Å². The Morgan fingerprint density at radius 1 is 0.861 bits per heavy atom. The van der Waals surface area contributed by atoms with Crippen molar-refractivity contribution in [2.24, 2.45) is 0 Å². The number of hydrogen-bond donors (Lipinski definition) is 3. The maximum Gasteiger partial charge on any atom is 0.469 e. The fourth-order valence-electron chi connectivity index (χ4n) is 3.73. The summed E-state index contributed by atoms with van der Waals surface area (Å²) in [6.45, 7) is 2.69. The van der Waals surface area contributed by atoms with Gasteiger partial charge in [-0.25, -0.2) is 4.57 Å². The van der Waals surface area contributed by atoms with Gasteiger partial charge in [0.1, 0.15) is 5.75 Å². The smallest absolute Gasteiger partial charge is 0.469 e. The molecule has 0 saturated heterocycles. The van der Waals surface area contributed by atoms with E-state index in [1.807, 2.05) is 36.4 Å². The third-order valence-electron chi connectivity index (χ3n) is 5.69. The van der Waals surface area contributed by atoms with Crippen molar-refractivity contribution in [2.75, 3.05) is 11.9 Å². The van der Waals surface area contributed by atoms with Crippen molar-refractivity contribution in [3.63, 3.8) is 0 Å². The Balaban J connectivity index is 1.50. The Morgan fingerprint density at radius 3 is 2.17 bits per heavy atom. The summed E-state index contributed by atoms with van der Waals surface area (Å²) in [5.74, 6) is 0.574. The Labute approximate surface area is 212 Å². The number of unbranched alkanes of at least 4 members (excludes halogenated alkanes) is 5. The highest BCUT2D eigenvalue weighted by Crippen LogP contribution is 2.37. The molecule has 3 rings (SSSR count). The van der Waals surface area contributed by atoms with E-state index in [1.54, 1.807) is 36.4 Å². The highest BCUT2D eigenvalue weighted by Gasteiger charge is 2.14. The first-order valence-electron chi connectivity index (χ1n) is 12.3. The van der Waals surface area contributed by atoms with Crippen molar-refractivity contribution < 1.29 is 28.4 Å². The third kappa shape index (κ3) is 9.59. The van der Waals surface area contributed by atoms with Crippen LogP contribution in [-0.2, 0) is 15.7 Å². The molecule has 36 heavy (non-hydrogen) atoms. The number of phosphoric ester groups is 1. The lowest BCUT2D eigenvalue weighted by molar-refractivity contribution is 0.102. The zero-order valence-electron chi connectivity index (χ0n) is 20.6. The summed E-state index contributed by atoms with van der Waals surface area (Å²) >= 11 is 0. The summed E-state index contributed by atoms with van der Waals surface area (Å²) in [7, 11) is -4.56. The molecule has 0 spiro atoms. The molecule has 0 fully saturated rings. The van der Waals surface area contributed by atoms with Crippen LogP contribution in [0.2, 0.25) is 0 Å².